The fourth-order valence-electron chi connectivity index (χ4n) is 2.31. The Bertz CT molecular complexity index is 246. The summed E-state index contributed by atoms with van der Waals surface area (Å²) in [6, 6.07) is 0. The molecule has 0 amide bonds. The second-order valence-corrected chi connectivity index (χ2v) is 5.70. The third-order valence-corrected chi connectivity index (χ3v) is 3.72. The van der Waals surface area contributed by atoms with Crippen LogP contribution in [0.25, 0.3) is 0 Å². The van der Waals surface area contributed by atoms with Crippen LogP contribution in [-0.4, -0.2) is 24.3 Å². The van der Waals surface area contributed by atoms with Gasteiger partial charge in [-0.05, 0) is 31.6 Å². The molecule has 0 heterocycles. The molecule has 0 aliphatic heterocycles. The summed E-state index contributed by atoms with van der Waals surface area (Å²) < 4.78 is 5.68. The highest BCUT2D eigenvalue weighted by Crippen LogP contribution is 2.25. The summed E-state index contributed by atoms with van der Waals surface area (Å²) in [4.78, 5) is 0. The quantitative estimate of drug-likeness (QED) is 0.237. The first-order valence-electron chi connectivity index (χ1n) is 6.62. The number of ether oxygens (including phenoxy) is 1. The zero-order chi connectivity index (χ0) is 12.7. The van der Waals surface area contributed by atoms with E-state index in [9.17, 15) is 0 Å². The van der Waals surface area contributed by atoms with E-state index in [0.717, 1.165) is 32.0 Å². The molecule has 3 N–H and O–H groups in total. The molecule has 4 heteroatoms. The van der Waals surface area contributed by atoms with Gasteiger partial charge in [-0.25, -0.2) is 0 Å². The highest BCUT2D eigenvalue weighted by molar-refractivity contribution is 5.85. The molecule has 0 saturated heterocycles. The molecule has 0 aromatic rings. The van der Waals surface area contributed by atoms with E-state index >= 15 is 0 Å². The van der Waals surface area contributed by atoms with Gasteiger partial charge in [-0.3, -0.25) is 0 Å². The molecule has 1 rings (SSSR count). The van der Waals surface area contributed by atoms with Gasteiger partial charge < -0.3 is 15.7 Å². The van der Waals surface area contributed by atoms with Crippen molar-refractivity contribution in [3.63, 3.8) is 0 Å². The van der Waals surface area contributed by atoms with Gasteiger partial charge in [-0.2, -0.15) is 0 Å². The maximum absolute atomic E-state index is 8.65. The molecule has 0 radical (unpaired) electrons. The lowest BCUT2D eigenvalue weighted by Gasteiger charge is -2.22. The summed E-state index contributed by atoms with van der Waals surface area (Å²) in [6.45, 7) is 5.65. The predicted molar refractivity (Wildman–Crippen MR) is 69.2 cm³/mol. The molecule has 0 atom stereocenters. The van der Waals surface area contributed by atoms with Crippen LogP contribution < -0.4 is 5.73 Å². The number of oxime groups is 1. The Morgan fingerprint density at radius 1 is 1.41 bits per heavy atom. The Morgan fingerprint density at radius 3 is 2.65 bits per heavy atom. The topological polar surface area (TPSA) is 67.8 Å². The molecule has 1 aliphatic carbocycles. The number of nitrogens with two attached hydrogens (primary N) is 1. The Balaban J connectivity index is 2.07. The van der Waals surface area contributed by atoms with Crippen molar-refractivity contribution in [1.82, 2.24) is 0 Å². The molecule has 1 saturated carbocycles. The van der Waals surface area contributed by atoms with Crippen molar-refractivity contribution in [3.05, 3.63) is 0 Å². The Hall–Kier alpha value is -0.770. The molecule has 0 bridgehead atoms. The molecule has 1 fully saturated rings. The summed E-state index contributed by atoms with van der Waals surface area (Å²) in [5.41, 5.74) is 5.38. The molecule has 0 aromatic heterocycles. The third kappa shape index (κ3) is 4.94. The average molecular weight is 242 g/mol. The van der Waals surface area contributed by atoms with Gasteiger partial charge in [0.1, 0.15) is 5.84 Å². The fourth-order valence-corrected chi connectivity index (χ4v) is 2.31. The SMILES string of the molecule is CC(C)(CCCOCC1CCCC1)C(N)=NO. The lowest BCUT2D eigenvalue weighted by molar-refractivity contribution is 0.0946. The van der Waals surface area contributed by atoms with Crippen molar-refractivity contribution < 1.29 is 9.94 Å². The van der Waals surface area contributed by atoms with Crippen LogP contribution in [-0.2, 0) is 4.74 Å². The van der Waals surface area contributed by atoms with E-state index in [0.29, 0.717) is 5.84 Å². The van der Waals surface area contributed by atoms with Gasteiger partial charge in [0.2, 0.25) is 0 Å². The van der Waals surface area contributed by atoms with Gasteiger partial charge >= 0.3 is 0 Å². The maximum atomic E-state index is 8.65. The second kappa shape index (κ2) is 6.84. The monoisotopic (exact) mass is 242 g/mol. The van der Waals surface area contributed by atoms with Crippen LogP contribution in [0.4, 0.5) is 0 Å². The number of hydrogen-bond acceptors (Lipinski definition) is 3. The first-order chi connectivity index (χ1) is 8.06. The lowest BCUT2D eigenvalue weighted by Crippen LogP contribution is -2.32. The summed E-state index contributed by atoms with van der Waals surface area (Å²) in [5.74, 6) is 1.08. The van der Waals surface area contributed by atoms with Crippen LogP contribution in [0.2, 0.25) is 0 Å². The maximum Gasteiger partial charge on any atom is 0.144 e. The number of nitrogens with zero attached hydrogens (tertiary/aromatic N) is 1. The average Bonchev–Trinajstić information content (AvgIpc) is 2.80. The van der Waals surface area contributed by atoms with E-state index in [1.807, 2.05) is 13.8 Å². The molecule has 0 unspecified atom stereocenters. The molecular formula is C13H26N2O2. The van der Waals surface area contributed by atoms with Gasteiger partial charge in [0, 0.05) is 18.6 Å². The van der Waals surface area contributed by atoms with Gasteiger partial charge in [-0.1, -0.05) is 31.8 Å². The lowest BCUT2D eigenvalue weighted by atomic mass is 9.87. The molecular weight excluding hydrogens is 216 g/mol. The molecule has 0 aromatic carbocycles. The largest absolute Gasteiger partial charge is 0.409 e. The van der Waals surface area contributed by atoms with Crippen molar-refractivity contribution in [1.29, 1.82) is 0 Å². The van der Waals surface area contributed by atoms with Gasteiger partial charge in [0.25, 0.3) is 0 Å². The standard InChI is InChI=1S/C13H26N2O2/c1-13(2,12(14)15-16)8-5-9-17-10-11-6-3-4-7-11/h11,16H,3-10H2,1-2H3,(H2,14,15). The van der Waals surface area contributed by atoms with Crippen molar-refractivity contribution in [2.75, 3.05) is 13.2 Å². The molecule has 4 nitrogen and oxygen atoms in total. The van der Waals surface area contributed by atoms with Crippen LogP contribution in [0.15, 0.2) is 5.16 Å². The van der Waals surface area contributed by atoms with E-state index in [4.69, 9.17) is 15.7 Å². The van der Waals surface area contributed by atoms with Gasteiger partial charge in [0.05, 0.1) is 0 Å². The van der Waals surface area contributed by atoms with Crippen LogP contribution in [0.3, 0.4) is 0 Å². The smallest absolute Gasteiger partial charge is 0.144 e. The van der Waals surface area contributed by atoms with Crippen LogP contribution >= 0.6 is 0 Å². The van der Waals surface area contributed by atoms with Crippen LogP contribution in [0.5, 0.6) is 0 Å². The zero-order valence-electron chi connectivity index (χ0n) is 11.1. The van der Waals surface area contributed by atoms with E-state index < -0.39 is 0 Å². The Labute approximate surface area is 104 Å². The van der Waals surface area contributed by atoms with E-state index in [1.54, 1.807) is 0 Å². The number of amidine groups is 1. The molecule has 1 aliphatic rings. The van der Waals surface area contributed by atoms with Crippen molar-refractivity contribution in [3.8, 4) is 0 Å². The minimum Gasteiger partial charge on any atom is -0.409 e. The third-order valence-electron chi connectivity index (χ3n) is 3.72. The second-order valence-electron chi connectivity index (χ2n) is 5.70. The van der Waals surface area contributed by atoms with Crippen molar-refractivity contribution in [2.24, 2.45) is 22.2 Å². The minimum absolute atomic E-state index is 0.245. The Morgan fingerprint density at radius 2 is 2.06 bits per heavy atom. The summed E-state index contributed by atoms with van der Waals surface area (Å²) in [7, 11) is 0. The molecule has 100 valence electrons. The van der Waals surface area contributed by atoms with Crippen molar-refractivity contribution >= 4 is 5.84 Å². The van der Waals surface area contributed by atoms with E-state index in [-0.39, 0.29) is 5.41 Å². The highest BCUT2D eigenvalue weighted by atomic mass is 16.5. The minimum atomic E-state index is -0.245. The van der Waals surface area contributed by atoms with Crippen LogP contribution in [0.1, 0.15) is 52.4 Å². The van der Waals surface area contributed by atoms with Gasteiger partial charge in [-0.15, -0.1) is 0 Å². The van der Waals surface area contributed by atoms with Crippen LogP contribution in [0, 0.1) is 11.3 Å². The normalized spacial score (nSPS) is 18.8. The summed E-state index contributed by atoms with van der Waals surface area (Å²) >= 11 is 0. The number of hydrogen-bond donors (Lipinski definition) is 2. The predicted octanol–water partition coefficient (Wildman–Crippen LogP) is 2.75. The van der Waals surface area contributed by atoms with Gasteiger partial charge in [0.15, 0.2) is 0 Å². The zero-order valence-corrected chi connectivity index (χ0v) is 11.1. The van der Waals surface area contributed by atoms with E-state index in [1.165, 1.54) is 25.7 Å². The Kier molecular flexibility index (Phi) is 5.75. The summed E-state index contributed by atoms with van der Waals surface area (Å²) in [6.07, 6.45) is 7.23. The first-order valence-corrected chi connectivity index (χ1v) is 6.62. The molecule has 17 heavy (non-hydrogen) atoms. The summed E-state index contributed by atoms with van der Waals surface area (Å²) in [5, 5.41) is 11.7. The first kappa shape index (κ1) is 14.3. The highest BCUT2D eigenvalue weighted by Gasteiger charge is 2.23. The fraction of sp³-hybridized carbons (Fsp3) is 0.923. The molecule has 0 spiro atoms. The number of rotatable bonds is 7. The van der Waals surface area contributed by atoms with Crippen molar-refractivity contribution in [2.45, 2.75) is 52.4 Å². The van der Waals surface area contributed by atoms with E-state index in [2.05, 4.69) is 5.16 Å².